The molecule has 0 unspecified atom stereocenters. The summed E-state index contributed by atoms with van der Waals surface area (Å²) in [6, 6.07) is 14.7. The van der Waals surface area contributed by atoms with Crippen LogP contribution in [0.1, 0.15) is 36.3 Å². The summed E-state index contributed by atoms with van der Waals surface area (Å²) in [5, 5.41) is 3.90. The van der Waals surface area contributed by atoms with Crippen LogP contribution in [-0.2, 0) is 23.9 Å². The van der Waals surface area contributed by atoms with Crippen LogP contribution in [0, 0.1) is 5.92 Å². The molecule has 32 heavy (non-hydrogen) atoms. The van der Waals surface area contributed by atoms with Crippen LogP contribution in [0.3, 0.4) is 0 Å². The van der Waals surface area contributed by atoms with Crippen LogP contribution >= 0.6 is 0 Å². The molecule has 1 fully saturated rings. The lowest BCUT2D eigenvalue weighted by Gasteiger charge is -2.30. The Labute approximate surface area is 184 Å². The first kappa shape index (κ1) is 22.2. The highest BCUT2D eigenvalue weighted by Crippen LogP contribution is 2.30. The van der Waals surface area contributed by atoms with Gasteiger partial charge in [-0.05, 0) is 43.5 Å². The van der Waals surface area contributed by atoms with Crippen molar-refractivity contribution in [1.29, 1.82) is 0 Å². The maximum Gasteiger partial charge on any atom is 0.416 e. The number of ketones is 1. The Kier molecular flexibility index (Phi) is 6.69. The smallest absolute Gasteiger partial charge is 0.338 e. The second-order valence-electron chi connectivity index (χ2n) is 8.11. The van der Waals surface area contributed by atoms with Crippen LogP contribution in [0.15, 0.2) is 59.1 Å². The highest BCUT2D eigenvalue weighted by Gasteiger charge is 2.30. The Morgan fingerprint density at radius 2 is 1.84 bits per heavy atom. The molecule has 0 bridgehead atoms. The first-order valence-corrected chi connectivity index (χ1v) is 10.7. The lowest BCUT2D eigenvalue weighted by atomic mass is 9.90. The van der Waals surface area contributed by atoms with E-state index in [1.807, 2.05) is 30.3 Å². The first-order chi connectivity index (χ1) is 15.4. The summed E-state index contributed by atoms with van der Waals surface area (Å²) in [7, 11) is 0. The minimum Gasteiger partial charge on any atom is -0.338 e. The molecule has 1 aliphatic rings. The molecule has 1 aliphatic heterocycles. The van der Waals surface area contributed by atoms with Gasteiger partial charge in [-0.1, -0.05) is 47.6 Å². The average molecular weight is 443 g/mol. The summed E-state index contributed by atoms with van der Waals surface area (Å²) in [5.74, 6) is 0.901. The number of piperidine rings is 1. The van der Waals surface area contributed by atoms with Crippen LogP contribution in [-0.4, -0.2) is 33.9 Å². The van der Waals surface area contributed by atoms with E-state index in [0.717, 1.165) is 43.5 Å². The van der Waals surface area contributed by atoms with Gasteiger partial charge in [-0.3, -0.25) is 9.69 Å². The number of hydrogen-bond acceptors (Lipinski definition) is 5. The van der Waals surface area contributed by atoms with Gasteiger partial charge >= 0.3 is 6.18 Å². The second kappa shape index (κ2) is 9.65. The standard InChI is InChI=1S/C24H24F3N3O2/c25-24(26,27)20-11-9-18(10-12-20)23-28-22(32-29-23)16-30-14-4-7-19(15-30)21(31)13-8-17-5-2-1-3-6-17/h1-3,5-6,9-12,19H,4,7-8,13-16H2/t19-/m1/s1. The van der Waals surface area contributed by atoms with E-state index in [2.05, 4.69) is 15.0 Å². The van der Waals surface area contributed by atoms with Crippen molar-refractivity contribution >= 4 is 5.78 Å². The van der Waals surface area contributed by atoms with Crippen molar-refractivity contribution in [3.05, 3.63) is 71.6 Å². The maximum atomic E-state index is 12.7. The number of nitrogens with zero attached hydrogens (tertiary/aromatic N) is 3. The zero-order chi connectivity index (χ0) is 22.6. The number of carbonyl (C=O) groups excluding carboxylic acids is 1. The molecule has 1 aromatic heterocycles. The normalized spacial score (nSPS) is 17.4. The van der Waals surface area contributed by atoms with E-state index in [-0.39, 0.29) is 17.5 Å². The number of benzene rings is 2. The summed E-state index contributed by atoms with van der Waals surface area (Å²) in [6.07, 6.45) is -1.31. The fourth-order valence-electron chi connectivity index (χ4n) is 4.01. The number of rotatable bonds is 7. The number of alkyl halides is 3. The second-order valence-corrected chi connectivity index (χ2v) is 8.11. The third-order valence-electron chi connectivity index (χ3n) is 5.76. The number of aromatic nitrogens is 2. The summed E-state index contributed by atoms with van der Waals surface area (Å²) in [6.45, 7) is 1.89. The fourth-order valence-corrected chi connectivity index (χ4v) is 4.01. The van der Waals surface area contributed by atoms with Crippen molar-refractivity contribution in [2.75, 3.05) is 13.1 Å². The predicted octanol–water partition coefficient (Wildman–Crippen LogP) is 5.17. The molecule has 0 saturated carbocycles. The highest BCUT2D eigenvalue weighted by atomic mass is 19.4. The average Bonchev–Trinajstić information content (AvgIpc) is 3.26. The Hall–Kier alpha value is -3.00. The van der Waals surface area contributed by atoms with Crippen LogP contribution < -0.4 is 0 Å². The number of halogens is 3. The molecule has 5 nitrogen and oxygen atoms in total. The molecule has 1 atom stereocenters. The predicted molar refractivity (Wildman–Crippen MR) is 113 cm³/mol. The first-order valence-electron chi connectivity index (χ1n) is 10.7. The van der Waals surface area contributed by atoms with Crippen LogP contribution in [0.4, 0.5) is 13.2 Å². The Balaban J connectivity index is 1.32. The number of carbonyl (C=O) groups is 1. The minimum atomic E-state index is -4.38. The zero-order valence-electron chi connectivity index (χ0n) is 17.5. The molecule has 0 aliphatic carbocycles. The molecule has 1 saturated heterocycles. The molecule has 3 aromatic rings. The maximum absolute atomic E-state index is 12.7. The molecule has 8 heteroatoms. The fraction of sp³-hybridized carbons (Fsp3) is 0.375. The van der Waals surface area contributed by atoms with Crippen molar-refractivity contribution in [2.45, 2.75) is 38.4 Å². The Morgan fingerprint density at radius 3 is 2.56 bits per heavy atom. The van der Waals surface area contributed by atoms with Crippen molar-refractivity contribution in [2.24, 2.45) is 5.92 Å². The SMILES string of the molecule is O=C(CCc1ccccc1)[C@@H]1CCCN(Cc2nc(-c3ccc(C(F)(F)F)cc3)no2)C1. The van der Waals surface area contributed by atoms with E-state index in [1.54, 1.807) is 0 Å². The van der Waals surface area contributed by atoms with E-state index >= 15 is 0 Å². The van der Waals surface area contributed by atoms with E-state index in [0.29, 0.717) is 31.0 Å². The lowest BCUT2D eigenvalue weighted by molar-refractivity contribution is -0.137. The topological polar surface area (TPSA) is 59.2 Å². The van der Waals surface area contributed by atoms with Gasteiger partial charge in [-0.15, -0.1) is 0 Å². The van der Waals surface area contributed by atoms with Gasteiger partial charge in [0.25, 0.3) is 0 Å². The molecule has 0 amide bonds. The van der Waals surface area contributed by atoms with Crippen molar-refractivity contribution in [3.63, 3.8) is 0 Å². The van der Waals surface area contributed by atoms with Crippen molar-refractivity contribution in [1.82, 2.24) is 15.0 Å². The molecule has 0 radical (unpaired) electrons. The number of hydrogen-bond donors (Lipinski definition) is 0. The summed E-state index contributed by atoms with van der Waals surface area (Å²) >= 11 is 0. The molecule has 2 aromatic carbocycles. The molecule has 4 rings (SSSR count). The van der Waals surface area contributed by atoms with Crippen LogP contribution in [0.25, 0.3) is 11.4 Å². The van der Waals surface area contributed by atoms with E-state index < -0.39 is 11.7 Å². The Morgan fingerprint density at radius 1 is 1.09 bits per heavy atom. The highest BCUT2D eigenvalue weighted by molar-refractivity contribution is 5.81. The molecular formula is C24H24F3N3O2. The minimum absolute atomic E-state index is 0.00948. The van der Waals surface area contributed by atoms with Gasteiger partial charge in [0, 0.05) is 24.4 Å². The molecule has 2 heterocycles. The molecular weight excluding hydrogens is 419 g/mol. The van der Waals surface area contributed by atoms with Crippen LogP contribution in [0.2, 0.25) is 0 Å². The van der Waals surface area contributed by atoms with Gasteiger partial charge in [0.05, 0.1) is 12.1 Å². The van der Waals surface area contributed by atoms with E-state index in [1.165, 1.54) is 12.1 Å². The quantitative estimate of drug-likeness (QED) is 0.504. The number of Topliss-reactive ketones (excluding diaryl/α,β-unsaturated/α-hetero) is 1. The van der Waals surface area contributed by atoms with Gasteiger partial charge in [0.1, 0.15) is 5.78 Å². The summed E-state index contributed by atoms with van der Waals surface area (Å²) in [5.41, 5.74) is 0.900. The summed E-state index contributed by atoms with van der Waals surface area (Å²) in [4.78, 5) is 19.1. The van der Waals surface area contributed by atoms with Gasteiger partial charge in [-0.25, -0.2) is 0 Å². The van der Waals surface area contributed by atoms with Gasteiger partial charge in [-0.2, -0.15) is 18.2 Å². The van der Waals surface area contributed by atoms with Gasteiger partial charge < -0.3 is 4.52 Å². The lowest BCUT2D eigenvalue weighted by Crippen LogP contribution is -2.38. The van der Waals surface area contributed by atoms with Crippen molar-refractivity contribution < 1.29 is 22.5 Å². The third kappa shape index (κ3) is 5.62. The Bertz CT molecular complexity index is 1030. The zero-order valence-corrected chi connectivity index (χ0v) is 17.5. The molecule has 0 spiro atoms. The molecule has 0 N–H and O–H groups in total. The number of aryl methyl sites for hydroxylation is 1. The third-order valence-corrected chi connectivity index (χ3v) is 5.76. The largest absolute Gasteiger partial charge is 0.416 e. The number of likely N-dealkylation sites (tertiary alicyclic amines) is 1. The van der Waals surface area contributed by atoms with Gasteiger partial charge in [0.15, 0.2) is 0 Å². The molecule has 168 valence electrons. The van der Waals surface area contributed by atoms with E-state index in [4.69, 9.17) is 4.52 Å². The van der Waals surface area contributed by atoms with Gasteiger partial charge in [0.2, 0.25) is 11.7 Å². The summed E-state index contributed by atoms with van der Waals surface area (Å²) < 4.78 is 43.5. The van der Waals surface area contributed by atoms with E-state index in [9.17, 15) is 18.0 Å². The van der Waals surface area contributed by atoms with Crippen LogP contribution in [0.5, 0.6) is 0 Å². The monoisotopic (exact) mass is 443 g/mol. The van der Waals surface area contributed by atoms with Crippen molar-refractivity contribution in [3.8, 4) is 11.4 Å².